The highest BCUT2D eigenvalue weighted by molar-refractivity contribution is 6.06. The average Bonchev–Trinajstić information content (AvgIpc) is 3.53. The van der Waals surface area contributed by atoms with Crippen molar-refractivity contribution < 1.29 is 33.7 Å². The molecule has 0 saturated carbocycles. The number of piperazine rings is 1. The number of alkyl carbamates (subject to hydrolysis) is 1. The molecular weight excluding hydrogens is 737 g/mol. The largest absolute Gasteiger partial charge is 0.445 e. The summed E-state index contributed by atoms with van der Waals surface area (Å²) in [6, 6.07) is 33.6. The zero-order chi connectivity index (χ0) is 39.8. The first kappa shape index (κ1) is 38.9. The Kier molecular flexibility index (Phi) is 12.1. The number of benzene rings is 4. The molecular formula is C45H46N6O7. The summed E-state index contributed by atoms with van der Waals surface area (Å²) in [6.07, 6.45) is 2.41. The molecule has 3 aliphatic heterocycles. The number of nitrogens with one attached hydrogen (secondary N) is 1. The fraction of sp³-hybridized carbons (Fsp3) is 0.311. The molecule has 13 heteroatoms. The van der Waals surface area contributed by atoms with Crippen LogP contribution in [0.25, 0.3) is 11.1 Å². The van der Waals surface area contributed by atoms with Gasteiger partial charge in [0, 0.05) is 57.1 Å². The average molecular weight is 783 g/mol. The quantitative estimate of drug-likeness (QED) is 0.154. The Bertz CT molecular complexity index is 2170. The molecule has 0 spiro atoms. The van der Waals surface area contributed by atoms with Gasteiger partial charge in [-0.3, -0.25) is 19.4 Å². The number of aromatic nitrogens is 2. The van der Waals surface area contributed by atoms with Crippen LogP contribution in [0.3, 0.4) is 0 Å². The Morgan fingerprint density at radius 1 is 0.793 bits per heavy atom. The maximum Gasteiger partial charge on any atom is 0.408 e. The molecule has 3 fully saturated rings. The number of ether oxygens (including phenoxy) is 3. The van der Waals surface area contributed by atoms with Crippen LogP contribution in [0, 0.1) is 0 Å². The molecule has 2 N–H and O–H groups in total. The molecule has 3 aliphatic rings. The first-order valence-electron chi connectivity index (χ1n) is 19.6. The summed E-state index contributed by atoms with van der Waals surface area (Å²) >= 11 is 0. The van der Waals surface area contributed by atoms with E-state index in [-0.39, 0.29) is 44.3 Å². The molecule has 4 aromatic carbocycles. The minimum atomic E-state index is -0.994. The second-order valence-electron chi connectivity index (χ2n) is 14.7. The van der Waals surface area contributed by atoms with Gasteiger partial charge in [0.25, 0.3) is 5.91 Å². The van der Waals surface area contributed by atoms with E-state index in [2.05, 4.69) is 25.1 Å². The molecule has 58 heavy (non-hydrogen) atoms. The fourth-order valence-electron chi connectivity index (χ4n) is 7.70. The number of amides is 3. The zero-order valence-electron chi connectivity index (χ0n) is 32.1. The third kappa shape index (κ3) is 9.24. The molecule has 4 atom stereocenters. The van der Waals surface area contributed by atoms with Crippen molar-refractivity contribution in [3.05, 3.63) is 149 Å². The van der Waals surface area contributed by atoms with E-state index < -0.39 is 24.3 Å². The van der Waals surface area contributed by atoms with Crippen LogP contribution in [0.5, 0.6) is 0 Å². The Hall–Kier alpha value is -5.99. The van der Waals surface area contributed by atoms with Crippen LogP contribution >= 0.6 is 0 Å². The van der Waals surface area contributed by atoms with Gasteiger partial charge in [0.05, 0.1) is 31.8 Å². The van der Waals surface area contributed by atoms with Crippen LogP contribution in [0.2, 0.25) is 0 Å². The number of likely N-dealkylation sites (tertiary alicyclic amines) is 1. The van der Waals surface area contributed by atoms with E-state index in [1.807, 2.05) is 109 Å². The third-order valence-electron chi connectivity index (χ3n) is 10.9. The number of carbonyl (C=O) groups is 3. The molecule has 0 aliphatic carbocycles. The van der Waals surface area contributed by atoms with Crippen molar-refractivity contribution in [3.63, 3.8) is 0 Å². The Labute approximate surface area is 337 Å². The van der Waals surface area contributed by atoms with E-state index >= 15 is 0 Å². The number of hydrogen-bond acceptors (Lipinski definition) is 11. The molecule has 3 amide bonds. The monoisotopic (exact) mass is 782 g/mol. The minimum absolute atomic E-state index is 0.0238. The highest BCUT2D eigenvalue weighted by Gasteiger charge is 2.40. The van der Waals surface area contributed by atoms with E-state index in [9.17, 15) is 19.5 Å². The summed E-state index contributed by atoms with van der Waals surface area (Å²) in [7, 11) is 0. The number of hydrogen-bond donors (Lipinski definition) is 2. The lowest BCUT2D eigenvalue weighted by molar-refractivity contribution is -0.253. The molecule has 1 unspecified atom stereocenters. The van der Waals surface area contributed by atoms with Gasteiger partial charge >= 0.3 is 6.09 Å². The van der Waals surface area contributed by atoms with Gasteiger partial charge in [-0.1, -0.05) is 103 Å². The Morgan fingerprint density at radius 2 is 1.50 bits per heavy atom. The van der Waals surface area contributed by atoms with Crippen molar-refractivity contribution in [3.8, 4) is 11.1 Å². The molecule has 13 nitrogen and oxygen atoms in total. The van der Waals surface area contributed by atoms with Crippen molar-refractivity contribution in [2.75, 3.05) is 37.6 Å². The van der Waals surface area contributed by atoms with Crippen molar-refractivity contribution >= 4 is 23.9 Å². The summed E-state index contributed by atoms with van der Waals surface area (Å²) in [6.45, 7) is 4.22. The lowest BCUT2D eigenvalue weighted by atomic mass is 9.97. The number of nitrogens with zero attached hydrogens (tertiary/aromatic N) is 5. The molecule has 3 saturated heterocycles. The fourth-order valence-corrected chi connectivity index (χ4v) is 7.70. The van der Waals surface area contributed by atoms with Crippen molar-refractivity contribution in [1.82, 2.24) is 25.1 Å². The smallest absolute Gasteiger partial charge is 0.408 e. The summed E-state index contributed by atoms with van der Waals surface area (Å²) < 4.78 is 18.6. The van der Waals surface area contributed by atoms with Crippen molar-refractivity contribution in [1.29, 1.82) is 0 Å². The molecule has 4 heterocycles. The number of aliphatic hydroxyl groups excluding tert-OH is 1. The molecule has 5 aromatic rings. The normalized spacial score (nSPS) is 21.3. The SMILES string of the molecule is O=C(NC1CC(=O)N(Cc2ccccc2-c2ccc([C@@H]3O[C@H](CN4CCN(c5ncccn5)CC4)C[C@H](c4ccc(CO)cc4)O3)cc2)C1=O)OCc1ccccc1. The number of imide groups is 1. The van der Waals surface area contributed by atoms with Gasteiger partial charge in [0.15, 0.2) is 6.29 Å². The van der Waals surface area contributed by atoms with Gasteiger partial charge in [-0.15, -0.1) is 0 Å². The molecule has 8 rings (SSSR count). The van der Waals surface area contributed by atoms with Crippen LogP contribution in [-0.2, 0) is 43.6 Å². The predicted molar refractivity (Wildman–Crippen MR) is 215 cm³/mol. The molecule has 0 radical (unpaired) electrons. The van der Waals surface area contributed by atoms with E-state index in [1.54, 1.807) is 12.4 Å². The summed E-state index contributed by atoms with van der Waals surface area (Å²) in [5.74, 6) is -0.0854. The third-order valence-corrected chi connectivity index (χ3v) is 10.9. The summed E-state index contributed by atoms with van der Waals surface area (Å²) in [5.41, 5.74) is 6.12. The molecule has 0 bridgehead atoms. The Balaban J connectivity index is 0.933. The highest BCUT2D eigenvalue weighted by atomic mass is 16.7. The standard InChI is InChI=1S/C45H46N6O7/c52-29-31-11-13-34(14-12-31)40-25-37(28-49-21-23-50(24-22-49)44-46-19-6-20-47-44)57-43(58-40)35-17-15-33(16-18-35)38-10-5-4-9-36(38)27-51-41(53)26-39(42(51)54)48-45(55)56-30-32-7-2-1-3-8-32/h1-20,37,39-40,43,52H,21-30H2,(H,48,55)/t37-,39?,40+,43+/m0/s1. The molecule has 298 valence electrons. The summed E-state index contributed by atoms with van der Waals surface area (Å²) in [4.78, 5) is 53.6. The lowest BCUT2D eigenvalue weighted by Gasteiger charge is -2.40. The van der Waals surface area contributed by atoms with Gasteiger partial charge < -0.3 is 29.5 Å². The van der Waals surface area contributed by atoms with Gasteiger partial charge in [-0.25, -0.2) is 14.8 Å². The second-order valence-corrected chi connectivity index (χ2v) is 14.7. The first-order chi connectivity index (χ1) is 28.4. The Morgan fingerprint density at radius 3 is 2.24 bits per heavy atom. The maximum absolute atomic E-state index is 13.4. The highest BCUT2D eigenvalue weighted by Crippen LogP contribution is 2.39. The van der Waals surface area contributed by atoms with Crippen molar-refractivity contribution in [2.24, 2.45) is 0 Å². The van der Waals surface area contributed by atoms with E-state index in [1.165, 1.54) is 4.90 Å². The number of aliphatic hydroxyl groups is 1. The molecule has 1 aromatic heterocycles. The van der Waals surface area contributed by atoms with Crippen LogP contribution in [0.4, 0.5) is 10.7 Å². The van der Waals surface area contributed by atoms with E-state index in [0.29, 0.717) is 6.42 Å². The number of rotatable bonds is 12. The maximum atomic E-state index is 13.4. The minimum Gasteiger partial charge on any atom is -0.445 e. The predicted octanol–water partition coefficient (Wildman–Crippen LogP) is 5.56. The second kappa shape index (κ2) is 18.1. The van der Waals surface area contributed by atoms with Crippen LogP contribution in [0.15, 0.2) is 122 Å². The number of carbonyl (C=O) groups excluding carboxylic acids is 3. The van der Waals surface area contributed by atoms with Gasteiger partial charge in [-0.2, -0.15) is 0 Å². The van der Waals surface area contributed by atoms with Crippen LogP contribution in [0.1, 0.15) is 53.1 Å². The lowest BCUT2D eigenvalue weighted by Crippen LogP contribution is -2.50. The van der Waals surface area contributed by atoms with Gasteiger partial charge in [0.2, 0.25) is 11.9 Å². The number of anilines is 1. The van der Waals surface area contributed by atoms with Crippen molar-refractivity contribution in [2.45, 2.75) is 57.1 Å². The zero-order valence-corrected chi connectivity index (χ0v) is 32.1. The van der Waals surface area contributed by atoms with Crippen LogP contribution < -0.4 is 10.2 Å². The van der Waals surface area contributed by atoms with Gasteiger partial charge in [0.1, 0.15) is 12.6 Å². The topological polar surface area (TPSA) is 147 Å². The summed E-state index contributed by atoms with van der Waals surface area (Å²) in [5, 5.41) is 12.2. The van der Waals surface area contributed by atoms with E-state index in [4.69, 9.17) is 14.2 Å². The first-order valence-corrected chi connectivity index (χ1v) is 19.6. The van der Waals surface area contributed by atoms with Crippen LogP contribution in [-0.4, -0.2) is 87.7 Å². The van der Waals surface area contributed by atoms with E-state index in [0.717, 1.165) is 77.6 Å². The van der Waals surface area contributed by atoms with Gasteiger partial charge in [-0.05, 0) is 39.4 Å².